The summed E-state index contributed by atoms with van der Waals surface area (Å²) in [6.07, 6.45) is 1.82. The van der Waals surface area contributed by atoms with Gasteiger partial charge in [-0.05, 0) is 19.4 Å². The van der Waals surface area contributed by atoms with Crippen LogP contribution in [0.4, 0.5) is 0 Å². The number of hydrogen-bond donors (Lipinski definition) is 2. The molecule has 1 heterocycles. The van der Waals surface area contributed by atoms with Crippen LogP contribution < -0.4 is 10.6 Å². The van der Waals surface area contributed by atoms with Gasteiger partial charge >= 0.3 is 0 Å². The summed E-state index contributed by atoms with van der Waals surface area (Å²) in [4.78, 5) is 11.5. The van der Waals surface area contributed by atoms with Crippen LogP contribution in [0.3, 0.4) is 0 Å². The summed E-state index contributed by atoms with van der Waals surface area (Å²) in [5, 5.41) is 5.68. The minimum absolute atomic E-state index is 0.0571. The van der Waals surface area contributed by atoms with Gasteiger partial charge in [0.25, 0.3) is 0 Å². The lowest BCUT2D eigenvalue weighted by Crippen LogP contribution is -2.42. The van der Waals surface area contributed by atoms with Crippen LogP contribution in [0.2, 0.25) is 0 Å². The Morgan fingerprint density at radius 3 is 2.69 bits per heavy atom. The summed E-state index contributed by atoms with van der Waals surface area (Å²) in [7, 11) is -0.256. The number of carbonyl (C=O) groups is 1. The molecule has 0 aromatic rings. The van der Waals surface area contributed by atoms with Gasteiger partial charge in [-0.25, -0.2) is 12.7 Å². The molecule has 0 bridgehead atoms. The second-order valence-corrected chi connectivity index (χ2v) is 6.34. The highest BCUT2D eigenvalue weighted by Gasteiger charge is 2.22. The Labute approximate surface area is 96.4 Å². The fourth-order valence-corrected chi connectivity index (χ4v) is 2.24. The van der Waals surface area contributed by atoms with Crippen LogP contribution >= 0.6 is 0 Å². The summed E-state index contributed by atoms with van der Waals surface area (Å²) in [6, 6.07) is -0.151. The molecule has 94 valence electrons. The molecule has 0 spiro atoms. The van der Waals surface area contributed by atoms with E-state index in [9.17, 15) is 13.2 Å². The normalized spacial score (nSPS) is 21.3. The molecule has 0 aliphatic carbocycles. The van der Waals surface area contributed by atoms with Crippen molar-refractivity contribution in [1.82, 2.24) is 14.9 Å². The maximum Gasteiger partial charge on any atom is 0.237 e. The highest BCUT2D eigenvalue weighted by atomic mass is 32.2. The van der Waals surface area contributed by atoms with Gasteiger partial charge in [-0.2, -0.15) is 0 Å². The van der Waals surface area contributed by atoms with Crippen molar-refractivity contribution in [3.63, 3.8) is 0 Å². The molecule has 1 aliphatic rings. The van der Waals surface area contributed by atoms with Gasteiger partial charge in [-0.1, -0.05) is 0 Å². The Hall–Kier alpha value is -0.660. The summed E-state index contributed by atoms with van der Waals surface area (Å²) in [5.74, 6) is -0.162. The second kappa shape index (κ2) is 5.60. The van der Waals surface area contributed by atoms with Crippen molar-refractivity contribution >= 4 is 15.9 Å². The third kappa shape index (κ3) is 3.73. The number of nitrogens with zero attached hydrogens (tertiary/aromatic N) is 1. The van der Waals surface area contributed by atoms with E-state index in [0.717, 1.165) is 23.7 Å². The summed E-state index contributed by atoms with van der Waals surface area (Å²) < 4.78 is 23.9. The van der Waals surface area contributed by atoms with Gasteiger partial charge in [0.2, 0.25) is 15.9 Å². The van der Waals surface area contributed by atoms with E-state index in [0.29, 0.717) is 0 Å². The molecule has 7 heteroatoms. The van der Waals surface area contributed by atoms with Crippen LogP contribution in [-0.4, -0.2) is 57.6 Å². The van der Waals surface area contributed by atoms with E-state index in [1.165, 1.54) is 14.1 Å². The first-order valence-corrected chi connectivity index (χ1v) is 6.96. The fraction of sp³-hybridized carbons (Fsp3) is 0.889. The fourth-order valence-electron chi connectivity index (χ4n) is 1.52. The molecule has 0 radical (unpaired) electrons. The molecule has 1 fully saturated rings. The van der Waals surface area contributed by atoms with Gasteiger partial charge in [0.1, 0.15) is 0 Å². The Bertz CT molecular complexity index is 334. The van der Waals surface area contributed by atoms with E-state index in [4.69, 9.17) is 0 Å². The maximum atomic E-state index is 11.5. The first-order chi connectivity index (χ1) is 7.43. The van der Waals surface area contributed by atoms with Gasteiger partial charge in [0.15, 0.2) is 0 Å². The van der Waals surface area contributed by atoms with Crippen LogP contribution in [0.25, 0.3) is 0 Å². The second-order valence-electron chi connectivity index (χ2n) is 4.04. The van der Waals surface area contributed by atoms with E-state index in [1.807, 2.05) is 0 Å². The zero-order valence-corrected chi connectivity index (χ0v) is 10.5. The molecule has 2 N–H and O–H groups in total. The summed E-state index contributed by atoms with van der Waals surface area (Å²) in [6.45, 7) is 1.02. The van der Waals surface area contributed by atoms with Gasteiger partial charge in [-0.15, -0.1) is 0 Å². The standard InChI is InChI=1S/C9H19N3O3S/c1-12(2)16(14,15)7-6-11-9(13)8-4-3-5-10-8/h8,10H,3-7H2,1-2H3,(H,11,13). The molecule has 1 saturated heterocycles. The van der Waals surface area contributed by atoms with Crippen LogP contribution in [0.1, 0.15) is 12.8 Å². The lowest BCUT2D eigenvalue weighted by molar-refractivity contribution is -0.122. The van der Waals surface area contributed by atoms with Crippen molar-refractivity contribution in [3.8, 4) is 0 Å². The van der Waals surface area contributed by atoms with Gasteiger partial charge < -0.3 is 10.6 Å². The molecule has 1 atom stereocenters. The Kier molecular flexibility index (Phi) is 4.69. The van der Waals surface area contributed by atoms with Crippen molar-refractivity contribution in [2.45, 2.75) is 18.9 Å². The molecule has 6 nitrogen and oxygen atoms in total. The molecule has 0 aromatic heterocycles. The predicted molar refractivity (Wildman–Crippen MR) is 61.5 cm³/mol. The van der Waals surface area contributed by atoms with Crippen molar-refractivity contribution in [1.29, 1.82) is 0 Å². The Morgan fingerprint density at radius 2 is 2.19 bits per heavy atom. The Balaban J connectivity index is 2.27. The lowest BCUT2D eigenvalue weighted by Gasteiger charge is -2.13. The monoisotopic (exact) mass is 249 g/mol. The number of hydrogen-bond acceptors (Lipinski definition) is 4. The minimum atomic E-state index is -3.22. The van der Waals surface area contributed by atoms with Crippen LogP contribution in [0.15, 0.2) is 0 Å². The van der Waals surface area contributed by atoms with Crippen LogP contribution in [0, 0.1) is 0 Å². The van der Waals surface area contributed by atoms with E-state index < -0.39 is 10.0 Å². The number of sulfonamides is 1. The van der Waals surface area contributed by atoms with Crippen molar-refractivity contribution in [2.24, 2.45) is 0 Å². The molecular formula is C9H19N3O3S. The van der Waals surface area contributed by atoms with Crippen LogP contribution in [0.5, 0.6) is 0 Å². The molecule has 0 aromatic carbocycles. The number of nitrogens with one attached hydrogen (secondary N) is 2. The minimum Gasteiger partial charge on any atom is -0.354 e. The molecule has 1 amide bonds. The quantitative estimate of drug-likeness (QED) is 0.638. The smallest absolute Gasteiger partial charge is 0.237 e. The number of amides is 1. The Morgan fingerprint density at radius 1 is 1.50 bits per heavy atom. The van der Waals surface area contributed by atoms with Crippen molar-refractivity contribution in [2.75, 3.05) is 32.9 Å². The maximum absolute atomic E-state index is 11.5. The van der Waals surface area contributed by atoms with Crippen LogP contribution in [-0.2, 0) is 14.8 Å². The third-order valence-corrected chi connectivity index (χ3v) is 4.43. The van der Waals surface area contributed by atoms with E-state index >= 15 is 0 Å². The topological polar surface area (TPSA) is 78.5 Å². The highest BCUT2D eigenvalue weighted by Crippen LogP contribution is 2.04. The van der Waals surface area contributed by atoms with Gasteiger partial charge in [-0.3, -0.25) is 4.79 Å². The molecule has 0 saturated carbocycles. The molecule has 16 heavy (non-hydrogen) atoms. The van der Waals surface area contributed by atoms with Gasteiger partial charge in [0, 0.05) is 20.6 Å². The average molecular weight is 249 g/mol. The first kappa shape index (κ1) is 13.4. The highest BCUT2D eigenvalue weighted by molar-refractivity contribution is 7.89. The third-order valence-electron chi connectivity index (χ3n) is 2.59. The first-order valence-electron chi connectivity index (χ1n) is 5.35. The zero-order chi connectivity index (χ0) is 12.2. The van der Waals surface area contributed by atoms with Crippen molar-refractivity contribution < 1.29 is 13.2 Å². The number of rotatable bonds is 5. The van der Waals surface area contributed by atoms with Gasteiger partial charge in [0.05, 0.1) is 11.8 Å². The molecule has 1 aliphatic heterocycles. The molecule has 1 unspecified atom stereocenters. The summed E-state index contributed by atoms with van der Waals surface area (Å²) in [5.41, 5.74) is 0. The molecular weight excluding hydrogens is 230 g/mol. The SMILES string of the molecule is CN(C)S(=O)(=O)CCNC(=O)C1CCCN1. The molecule has 1 rings (SSSR count). The lowest BCUT2D eigenvalue weighted by atomic mass is 10.2. The predicted octanol–water partition coefficient (Wildman–Crippen LogP) is -1.25. The zero-order valence-electron chi connectivity index (χ0n) is 9.69. The number of carbonyl (C=O) groups excluding carboxylic acids is 1. The van der Waals surface area contributed by atoms with E-state index in [-0.39, 0.29) is 24.2 Å². The van der Waals surface area contributed by atoms with E-state index in [2.05, 4.69) is 10.6 Å². The largest absolute Gasteiger partial charge is 0.354 e. The average Bonchev–Trinajstić information content (AvgIpc) is 2.69. The van der Waals surface area contributed by atoms with E-state index in [1.54, 1.807) is 0 Å². The van der Waals surface area contributed by atoms with Crippen molar-refractivity contribution in [3.05, 3.63) is 0 Å². The summed E-state index contributed by atoms with van der Waals surface area (Å²) >= 11 is 0.